The molecule has 32 heavy (non-hydrogen) atoms. The number of furan rings is 1. The lowest BCUT2D eigenvalue weighted by Gasteiger charge is -2.45. The van der Waals surface area contributed by atoms with Crippen molar-refractivity contribution in [3.63, 3.8) is 0 Å². The number of hydrogen-bond acceptors (Lipinski definition) is 9. The fraction of sp³-hybridized carbons (Fsp3) is 0.682. The van der Waals surface area contributed by atoms with Gasteiger partial charge in [0.15, 0.2) is 0 Å². The molecule has 3 N–H and O–H groups in total. The van der Waals surface area contributed by atoms with Crippen LogP contribution in [0.25, 0.3) is 0 Å². The van der Waals surface area contributed by atoms with E-state index in [0.717, 1.165) is 0 Å². The fourth-order valence-electron chi connectivity index (χ4n) is 5.30. The standard InChI is InChI=1S/C22H30N2O8/c1-2-24-21(28)15-6-5-14-16(8-17(26)20(27)18(14)19(15)22(24)29)23-32-10-12(25)9-30-11-13-4-3-7-31-13/h3-4,7,12,14-15,17-20,25-27H,2,5-6,8-11H2,1H3/b23-16-/t12-,14-,15-,17+,18-,19+,20+/m0/s1. The smallest absolute Gasteiger partial charge is 0.233 e. The van der Waals surface area contributed by atoms with E-state index in [1.165, 1.54) is 4.90 Å². The Hall–Kier alpha value is -2.27. The van der Waals surface area contributed by atoms with Gasteiger partial charge in [0.1, 0.15) is 25.1 Å². The van der Waals surface area contributed by atoms with E-state index in [9.17, 15) is 24.9 Å². The zero-order chi connectivity index (χ0) is 22.8. The average molecular weight is 450 g/mol. The number of hydrogen-bond donors (Lipinski definition) is 3. The van der Waals surface area contributed by atoms with Crippen LogP contribution in [-0.2, 0) is 25.8 Å². The molecule has 2 heterocycles. The van der Waals surface area contributed by atoms with Gasteiger partial charge in [0, 0.05) is 24.8 Å². The van der Waals surface area contributed by atoms with Crippen LogP contribution in [0.1, 0.15) is 31.9 Å². The zero-order valence-electron chi connectivity index (χ0n) is 18.0. The summed E-state index contributed by atoms with van der Waals surface area (Å²) in [5, 5.41) is 35.3. The Morgan fingerprint density at radius 1 is 1.22 bits per heavy atom. The molecule has 10 nitrogen and oxygen atoms in total. The molecule has 2 saturated carbocycles. The first-order chi connectivity index (χ1) is 15.4. The predicted molar refractivity (Wildman–Crippen MR) is 110 cm³/mol. The van der Waals surface area contributed by atoms with Crippen LogP contribution in [0, 0.1) is 23.7 Å². The number of carbonyl (C=O) groups is 2. The van der Waals surface area contributed by atoms with E-state index in [0.29, 0.717) is 30.9 Å². The highest BCUT2D eigenvalue weighted by molar-refractivity contribution is 6.06. The van der Waals surface area contributed by atoms with Crippen LogP contribution >= 0.6 is 0 Å². The SMILES string of the molecule is CCN1C(=O)[C@H]2[C@H]3[C@H](O)[C@H](O)C/C(=N/OC[C@@H](O)COCc4ccco4)[C@@H]3CC[C@@H]2C1=O. The van der Waals surface area contributed by atoms with Gasteiger partial charge in [-0.1, -0.05) is 5.16 Å². The van der Waals surface area contributed by atoms with Gasteiger partial charge in [-0.05, 0) is 31.9 Å². The number of amides is 2. The number of likely N-dealkylation sites (tertiary alicyclic amines) is 1. The van der Waals surface area contributed by atoms with E-state index in [1.807, 2.05) is 0 Å². The summed E-state index contributed by atoms with van der Waals surface area (Å²) in [4.78, 5) is 32.1. The summed E-state index contributed by atoms with van der Waals surface area (Å²) in [6.07, 6.45) is -0.365. The molecule has 0 bridgehead atoms. The van der Waals surface area contributed by atoms with Crippen molar-refractivity contribution in [1.29, 1.82) is 0 Å². The van der Waals surface area contributed by atoms with Crippen LogP contribution in [0.15, 0.2) is 28.0 Å². The van der Waals surface area contributed by atoms with E-state index in [4.69, 9.17) is 14.0 Å². The third-order valence-electron chi connectivity index (χ3n) is 6.77. The van der Waals surface area contributed by atoms with E-state index in [2.05, 4.69) is 5.16 Å². The number of carbonyl (C=O) groups excluding carboxylic acids is 2. The van der Waals surface area contributed by atoms with Gasteiger partial charge in [-0.15, -0.1) is 0 Å². The Balaban J connectivity index is 1.38. The summed E-state index contributed by atoms with van der Waals surface area (Å²) in [6.45, 7) is 2.21. The minimum absolute atomic E-state index is 0.0339. The van der Waals surface area contributed by atoms with Crippen molar-refractivity contribution in [2.24, 2.45) is 28.8 Å². The van der Waals surface area contributed by atoms with Crippen molar-refractivity contribution in [2.45, 2.75) is 51.1 Å². The number of oxime groups is 1. The van der Waals surface area contributed by atoms with E-state index in [-0.39, 0.29) is 44.0 Å². The Bertz CT molecular complexity index is 841. The van der Waals surface area contributed by atoms with E-state index < -0.39 is 36.1 Å². The topological polar surface area (TPSA) is 142 Å². The quantitative estimate of drug-likeness (QED) is 0.379. The Labute approximate surface area is 185 Å². The number of imide groups is 1. The Morgan fingerprint density at radius 2 is 2.00 bits per heavy atom. The molecule has 1 aromatic rings. The summed E-state index contributed by atoms with van der Waals surface area (Å²) < 4.78 is 10.5. The Morgan fingerprint density at radius 3 is 2.72 bits per heavy atom. The molecule has 1 aromatic heterocycles. The molecule has 10 heteroatoms. The van der Waals surface area contributed by atoms with Crippen molar-refractivity contribution in [1.82, 2.24) is 4.90 Å². The van der Waals surface area contributed by atoms with Gasteiger partial charge in [-0.3, -0.25) is 14.5 Å². The minimum Gasteiger partial charge on any atom is -0.467 e. The number of rotatable bonds is 8. The zero-order valence-corrected chi connectivity index (χ0v) is 18.0. The molecule has 0 radical (unpaired) electrons. The van der Waals surface area contributed by atoms with Crippen molar-refractivity contribution in [3.05, 3.63) is 24.2 Å². The average Bonchev–Trinajstić information content (AvgIpc) is 3.37. The lowest BCUT2D eigenvalue weighted by molar-refractivity contribution is -0.141. The second-order valence-corrected chi connectivity index (χ2v) is 8.70. The van der Waals surface area contributed by atoms with Crippen LogP contribution in [0.5, 0.6) is 0 Å². The first kappa shape index (κ1) is 22.9. The number of ether oxygens (including phenoxy) is 1. The van der Waals surface area contributed by atoms with Crippen molar-refractivity contribution in [2.75, 3.05) is 19.8 Å². The highest BCUT2D eigenvalue weighted by Gasteiger charge is 2.59. The Kier molecular flexibility index (Phi) is 6.94. The van der Waals surface area contributed by atoms with Gasteiger partial charge in [-0.25, -0.2) is 0 Å². The van der Waals surface area contributed by atoms with Gasteiger partial charge in [0.05, 0.1) is 42.6 Å². The first-order valence-corrected chi connectivity index (χ1v) is 11.1. The molecule has 7 atom stereocenters. The number of nitrogens with zero attached hydrogens (tertiary/aromatic N) is 2. The van der Waals surface area contributed by atoms with Crippen molar-refractivity contribution >= 4 is 17.5 Å². The number of aliphatic hydroxyl groups excluding tert-OH is 3. The largest absolute Gasteiger partial charge is 0.467 e. The second-order valence-electron chi connectivity index (χ2n) is 8.70. The van der Waals surface area contributed by atoms with Gasteiger partial charge < -0.3 is 29.3 Å². The molecule has 0 spiro atoms. The second kappa shape index (κ2) is 9.70. The molecule has 3 aliphatic rings. The molecule has 1 saturated heterocycles. The van der Waals surface area contributed by atoms with Crippen LogP contribution in [0.4, 0.5) is 0 Å². The van der Waals surface area contributed by atoms with Crippen molar-refractivity contribution < 1.29 is 38.9 Å². The molecular formula is C22H30N2O8. The molecular weight excluding hydrogens is 420 g/mol. The normalized spacial score (nSPS) is 34.5. The first-order valence-electron chi connectivity index (χ1n) is 11.1. The van der Waals surface area contributed by atoms with Crippen LogP contribution < -0.4 is 0 Å². The molecule has 0 unspecified atom stereocenters. The molecule has 4 rings (SSSR count). The van der Waals surface area contributed by atoms with Crippen LogP contribution in [0.3, 0.4) is 0 Å². The number of fused-ring (bicyclic) bond motifs is 3. The molecule has 3 fully saturated rings. The summed E-state index contributed by atoms with van der Waals surface area (Å²) >= 11 is 0. The van der Waals surface area contributed by atoms with Gasteiger partial charge in [0.2, 0.25) is 11.8 Å². The van der Waals surface area contributed by atoms with Crippen LogP contribution in [0.2, 0.25) is 0 Å². The fourth-order valence-corrected chi connectivity index (χ4v) is 5.30. The number of aliphatic hydroxyl groups is 3. The van der Waals surface area contributed by atoms with Crippen LogP contribution in [-0.4, -0.2) is 75.8 Å². The molecule has 176 valence electrons. The third-order valence-corrected chi connectivity index (χ3v) is 6.77. The van der Waals surface area contributed by atoms with Gasteiger partial charge in [0.25, 0.3) is 0 Å². The minimum atomic E-state index is -1.11. The van der Waals surface area contributed by atoms with E-state index in [1.54, 1.807) is 25.3 Å². The third kappa shape index (κ3) is 4.32. The summed E-state index contributed by atoms with van der Waals surface area (Å²) in [6, 6.07) is 3.52. The monoisotopic (exact) mass is 450 g/mol. The highest BCUT2D eigenvalue weighted by atomic mass is 16.6. The lowest BCUT2D eigenvalue weighted by Crippen LogP contribution is -2.54. The summed E-state index contributed by atoms with van der Waals surface area (Å²) in [5.74, 6) is -1.80. The maximum Gasteiger partial charge on any atom is 0.233 e. The molecule has 2 amide bonds. The summed E-state index contributed by atoms with van der Waals surface area (Å²) in [5.41, 5.74) is 0.546. The predicted octanol–water partition coefficient (Wildman–Crippen LogP) is 0.303. The molecule has 1 aliphatic heterocycles. The molecule has 0 aromatic carbocycles. The molecule has 2 aliphatic carbocycles. The van der Waals surface area contributed by atoms with Gasteiger partial charge in [-0.2, -0.15) is 0 Å². The highest BCUT2D eigenvalue weighted by Crippen LogP contribution is 2.49. The van der Waals surface area contributed by atoms with E-state index >= 15 is 0 Å². The van der Waals surface area contributed by atoms with Gasteiger partial charge >= 0.3 is 0 Å². The summed E-state index contributed by atoms with van der Waals surface area (Å²) in [7, 11) is 0. The lowest BCUT2D eigenvalue weighted by atomic mass is 9.60. The maximum absolute atomic E-state index is 12.9. The van der Waals surface area contributed by atoms with Crippen molar-refractivity contribution in [3.8, 4) is 0 Å². The maximum atomic E-state index is 12.9.